The molecule has 6 heteroatoms. The van der Waals surface area contributed by atoms with Gasteiger partial charge in [-0.2, -0.15) is 0 Å². The Balaban J connectivity index is 2.05. The van der Waals surface area contributed by atoms with E-state index < -0.39 is 10.0 Å². The lowest BCUT2D eigenvalue weighted by molar-refractivity contribution is 0.409. The van der Waals surface area contributed by atoms with Crippen LogP contribution < -0.4 is 14.2 Å². The Labute approximate surface area is 143 Å². The van der Waals surface area contributed by atoms with Gasteiger partial charge in [-0.05, 0) is 54.3 Å². The molecular weight excluding hydrogens is 326 g/mol. The lowest BCUT2D eigenvalue weighted by atomic mass is 10.1. The zero-order chi connectivity index (χ0) is 17.6. The molecule has 130 valence electrons. The highest BCUT2D eigenvalue weighted by Gasteiger charge is 2.15. The maximum Gasteiger partial charge on any atom is 0.240 e. The van der Waals surface area contributed by atoms with E-state index in [0.717, 1.165) is 16.9 Å². The number of hydrogen-bond acceptors (Lipinski definition) is 4. The van der Waals surface area contributed by atoms with Gasteiger partial charge in [0.1, 0.15) is 11.5 Å². The third-order valence-corrected chi connectivity index (χ3v) is 5.24. The van der Waals surface area contributed by atoms with Gasteiger partial charge in [0.25, 0.3) is 0 Å². The van der Waals surface area contributed by atoms with E-state index in [4.69, 9.17) is 9.47 Å². The zero-order valence-electron chi connectivity index (χ0n) is 14.2. The van der Waals surface area contributed by atoms with E-state index in [1.54, 1.807) is 32.4 Å². The van der Waals surface area contributed by atoms with Crippen LogP contribution in [-0.2, 0) is 22.9 Å². The minimum absolute atomic E-state index is 0.255. The summed E-state index contributed by atoms with van der Waals surface area (Å²) in [6, 6.07) is 12.5. The Morgan fingerprint density at radius 1 is 1.04 bits per heavy atom. The Morgan fingerprint density at radius 3 is 2.50 bits per heavy atom. The number of rotatable bonds is 8. The topological polar surface area (TPSA) is 64.6 Å². The van der Waals surface area contributed by atoms with Gasteiger partial charge in [0.2, 0.25) is 10.0 Å². The third-order valence-electron chi connectivity index (χ3n) is 3.78. The quantitative estimate of drug-likeness (QED) is 0.796. The molecule has 0 aliphatic rings. The van der Waals surface area contributed by atoms with Crippen LogP contribution in [0.4, 0.5) is 0 Å². The van der Waals surface area contributed by atoms with E-state index >= 15 is 0 Å². The van der Waals surface area contributed by atoms with Crippen molar-refractivity contribution in [1.29, 1.82) is 0 Å². The van der Waals surface area contributed by atoms with Crippen molar-refractivity contribution in [1.82, 2.24) is 4.72 Å². The first kappa shape index (κ1) is 18.3. The normalized spacial score (nSPS) is 11.3. The maximum atomic E-state index is 12.4. The number of nitrogens with one attached hydrogen (secondary N) is 1. The molecule has 0 saturated carbocycles. The van der Waals surface area contributed by atoms with Crippen molar-refractivity contribution in [3.8, 4) is 11.5 Å². The highest BCUT2D eigenvalue weighted by Crippen LogP contribution is 2.22. The van der Waals surface area contributed by atoms with E-state index in [-0.39, 0.29) is 4.90 Å². The van der Waals surface area contributed by atoms with Crippen LogP contribution in [0.15, 0.2) is 47.4 Å². The van der Waals surface area contributed by atoms with Crippen molar-refractivity contribution in [3.63, 3.8) is 0 Å². The van der Waals surface area contributed by atoms with Gasteiger partial charge in [0.15, 0.2) is 0 Å². The molecule has 0 aromatic heterocycles. The Kier molecular flexibility index (Phi) is 6.23. The molecule has 2 aromatic rings. The molecule has 0 unspecified atom stereocenters. The maximum absolute atomic E-state index is 12.4. The molecule has 5 nitrogen and oxygen atoms in total. The minimum atomic E-state index is -3.54. The predicted octanol–water partition coefficient (Wildman–Crippen LogP) is 2.79. The molecule has 0 saturated heterocycles. The zero-order valence-corrected chi connectivity index (χ0v) is 15.0. The van der Waals surface area contributed by atoms with Gasteiger partial charge in [-0.3, -0.25) is 0 Å². The summed E-state index contributed by atoms with van der Waals surface area (Å²) in [7, 11) is -0.354. The molecule has 2 rings (SSSR count). The molecule has 2 aromatic carbocycles. The van der Waals surface area contributed by atoms with Crippen molar-refractivity contribution in [2.45, 2.75) is 24.7 Å². The van der Waals surface area contributed by atoms with Crippen LogP contribution in [0.3, 0.4) is 0 Å². The lowest BCUT2D eigenvalue weighted by Gasteiger charge is -2.11. The molecule has 0 fully saturated rings. The van der Waals surface area contributed by atoms with Crippen LogP contribution in [0.1, 0.15) is 18.1 Å². The van der Waals surface area contributed by atoms with Gasteiger partial charge in [-0.1, -0.05) is 19.1 Å². The van der Waals surface area contributed by atoms with Gasteiger partial charge in [0, 0.05) is 6.54 Å². The molecule has 0 bridgehead atoms. The van der Waals surface area contributed by atoms with Crippen LogP contribution in [0.2, 0.25) is 0 Å². The van der Waals surface area contributed by atoms with Gasteiger partial charge in [0.05, 0.1) is 19.1 Å². The minimum Gasteiger partial charge on any atom is -0.497 e. The highest BCUT2D eigenvalue weighted by molar-refractivity contribution is 7.89. The predicted molar refractivity (Wildman–Crippen MR) is 94.3 cm³/mol. The van der Waals surface area contributed by atoms with Gasteiger partial charge < -0.3 is 9.47 Å². The fourth-order valence-electron chi connectivity index (χ4n) is 2.44. The van der Waals surface area contributed by atoms with E-state index in [1.165, 1.54) is 0 Å². The average Bonchev–Trinajstić information content (AvgIpc) is 2.61. The molecular formula is C18H23NO4S. The number of hydrogen-bond donors (Lipinski definition) is 1. The summed E-state index contributed by atoms with van der Waals surface area (Å²) in [5.74, 6) is 1.46. The number of methoxy groups -OCH3 is 2. The number of benzene rings is 2. The second kappa shape index (κ2) is 8.17. The average molecular weight is 349 g/mol. The molecule has 1 N–H and O–H groups in total. The van der Waals surface area contributed by atoms with Crippen LogP contribution in [-0.4, -0.2) is 29.2 Å². The first-order valence-electron chi connectivity index (χ1n) is 7.79. The Morgan fingerprint density at radius 2 is 1.83 bits per heavy atom. The fraction of sp³-hybridized carbons (Fsp3) is 0.333. The molecule has 24 heavy (non-hydrogen) atoms. The van der Waals surface area contributed by atoms with E-state index in [0.29, 0.717) is 25.1 Å². The molecule has 0 amide bonds. The van der Waals surface area contributed by atoms with Crippen molar-refractivity contribution in [2.24, 2.45) is 0 Å². The number of ether oxygens (including phenoxy) is 2. The summed E-state index contributed by atoms with van der Waals surface area (Å²) in [6.07, 6.45) is 1.30. The second-order valence-corrected chi connectivity index (χ2v) is 7.09. The molecule has 0 radical (unpaired) electrons. The summed E-state index contributed by atoms with van der Waals surface area (Å²) < 4.78 is 37.9. The van der Waals surface area contributed by atoms with Crippen molar-refractivity contribution < 1.29 is 17.9 Å². The SMILES string of the molecule is CCc1cc(S(=O)(=O)NCCc2cccc(OC)c2)ccc1OC. The van der Waals surface area contributed by atoms with Gasteiger partial charge >= 0.3 is 0 Å². The smallest absolute Gasteiger partial charge is 0.240 e. The molecule has 0 heterocycles. The Hall–Kier alpha value is -2.05. The largest absolute Gasteiger partial charge is 0.497 e. The van der Waals surface area contributed by atoms with Crippen molar-refractivity contribution in [3.05, 3.63) is 53.6 Å². The Bertz CT molecular complexity index is 787. The first-order chi connectivity index (χ1) is 11.5. The lowest BCUT2D eigenvalue weighted by Crippen LogP contribution is -2.26. The summed E-state index contributed by atoms with van der Waals surface area (Å²) in [5.41, 5.74) is 1.88. The molecule has 0 spiro atoms. The summed E-state index contributed by atoms with van der Waals surface area (Å²) in [6.45, 7) is 2.29. The van der Waals surface area contributed by atoms with E-state index in [9.17, 15) is 8.42 Å². The summed E-state index contributed by atoms with van der Waals surface area (Å²) in [4.78, 5) is 0.255. The van der Waals surface area contributed by atoms with Gasteiger partial charge in [-0.25, -0.2) is 13.1 Å². The third kappa shape index (κ3) is 4.49. The van der Waals surface area contributed by atoms with Gasteiger partial charge in [-0.15, -0.1) is 0 Å². The molecule has 0 atom stereocenters. The van der Waals surface area contributed by atoms with E-state index in [1.807, 2.05) is 31.2 Å². The van der Waals surface area contributed by atoms with Crippen LogP contribution >= 0.6 is 0 Å². The second-order valence-electron chi connectivity index (χ2n) is 5.33. The monoisotopic (exact) mass is 349 g/mol. The number of aryl methyl sites for hydroxylation is 1. The first-order valence-corrected chi connectivity index (χ1v) is 9.28. The molecule has 0 aliphatic carbocycles. The van der Waals surface area contributed by atoms with Crippen LogP contribution in [0, 0.1) is 0 Å². The van der Waals surface area contributed by atoms with Crippen molar-refractivity contribution >= 4 is 10.0 Å². The summed E-state index contributed by atoms with van der Waals surface area (Å²) in [5, 5.41) is 0. The fourth-order valence-corrected chi connectivity index (χ4v) is 3.52. The molecule has 0 aliphatic heterocycles. The standard InChI is InChI=1S/C18H23NO4S/c1-4-15-13-17(8-9-18(15)23-3)24(20,21)19-11-10-14-6-5-7-16(12-14)22-2/h5-9,12-13,19H,4,10-11H2,1-3H3. The number of sulfonamides is 1. The van der Waals surface area contributed by atoms with Crippen LogP contribution in [0.5, 0.6) is 11.5 Å². The van der Waals surface area contributed by atoms with Crippen LogP contribution in [0.25, 0.3) is 0 Å². The summed E-state index contributed by atoms with van der Waals surface area (Å²) >= 11 is 0. The van der Waals surface area contributed by atoms with Crippen molar-refractivity contribution in [2.75, 3.05) is 20.8 Å². The highest BCUT2D eigenvalue weighted by atomic mass is 32.2. The van der Waals surface area contributed by atoms with E-state index in [2.05, 4.69) is 4.72 Å².